The fourth-order valence-corrected chi connectivity index (χ4v) is 2.54. The summed E-state index contributed by atoms with van der Waals surface area (Å²) >= 11 is 0. The summed E-state index contributed by atoms with van der Waals surface area (Å²) in [6.07, 6.45) is -6.52. The van der Waals surface area contributed by atoms with Gasteiger partial charge in [-0.15, -0.1) is 0 Å². The fourth-order valence-electron chi connectivity index (χ4n) is 2.54. The molecule has 0 bridgehead atoms. The van der Waals surface area contributed by atoms with Crippen LogP contribution in [-0.2, 0) is 27.4 Å². The Kier molecular flexibility index (Phi) is 7.60. The molecule has 2 rings (SSSR count). The van der Waals surface area contributed by atoms with Gasteiger partial charge in [-0.2, -0.15) is 13.2 Å². The number of amides is 1. The minimum absolute atomic E-state index is 0.224. The van der Waals surface area contributed by atoms with Crippen LogP contribution in [0.25, 0.3) is 0 Å². The molecule has 0 spiro atoms. The maximum Gasteiger partial charge on any atom is 0.478 e. The van der Waals surface area contributed by atoms with E-state index in [-0.39, 0.29) is 19.8 Å². The smallest absolute Gasteiger partial charge is 0.460 e. The highest BCUT2D eigenvalue weighted by molar-refractivity contribution is 5.84. The average Bonchev–Trinajstić information content (AvgIpc) is 2.70. The third-order valence-corrected chi connectivity index (χ3v) is 4.04. The van der Waals surface area contributed by atoms with E-state index in [1.807, 2.05) is 0 Å². The Morgan fingerprint density at radius 3 is 2.00 bits per heavy atom. The lowest BCUT2D eigenvalue weighted by atomic mass is 10.1. The number of quaternary nitrogens is 1. The number of ether oxygens (including phenoxy) is 2. The molecule has 0 aliphatic rings. The highest BCUT2D eigenvalue weighted by Gasteiger charge is 2.67. The third kappa shape index (κ3) is 5.95. The summed E-state index contributed by atoms with van der Waals surface area (Å²) in [5.74, 6) is -1.62. The topological polar surface area (TPSA) is 81.2 Å². The van der Waals surface area contributed by atoms with Gasteiger partial charge in [-0.05, 0) is 12.5 Å². The van der Waals surface area contributed by atoms with Gasteiger partial charge in [-0.25, -0.2) is 9.59 Å². The monoisotopic (exact) mass is 411 g/mol. The summed E-state index contributed by atoms with van der Waals surface area (Å²) in [6, 6.07) is 16.7. The zero-order valence-electron chi connectivity index (χ0n) is 15.7. The number of hydrogen-bond acceptors (Lipinski definition) is 4. The van der Waals surface area contributed by atoms with E-state index < -0.39 is 23.9 Å². The van der Waals surface area contributed by atoms with Crippen LogP contribution in [0.15, 0.2) is 60.7 Å². The number of halogens is 3. The maximum absolute atomic E-state index is 14.0. The van der Waals surface area contributed by atoms with E-state index >= 15 is 0 Å². The summed E-state index contributed by atoms with van der Waals surface area (Å²) in [6.45, 7) is 0.626. The van der Waals surface area contributed by atoms with E-state index in [1.54, 1.807) is 66.0 Å². The normalized spacial score (nSPS) is 13.2. The first kappa shape index (κ1) is 22.2. The van der Waals surface area contributed by atoms with Crippen molar-refractivity contribution in [2.45, 2.75) is 31.9 Å². The number of benzene rings is 2. The molecule has 0 heterocycles. The number of hydrogen-bond donors (Lipinski definition) is 2. The van der Waals surface area contributed by atoms with E-state index in [1.165, 1.54) is 6.92 Å². The molecule has 0 radical (unpaired) electrons. The van der Waals surface area contributed by atoms with Crippen LogP contribution >= 0.6 is 0 Å². The molecule has 0 aliphatic heterocycles. The minimum Gasteiger partial charge on any atom is -0.460 e. The van der Waals surface area contributed by atoms with E-state index in [9.17, 15) is 22.8 Å². The SMILES string of the molecule is CCOC(=O)[C@@](NC(=O)OCc1ccccc1)([NH2+]Cc1ccccc1)C(F)(F)F. The molecular weight excluding hydrogens is 389 g/mol. The second kappa shape index (κ2) is 9.92. The molecule has 3 N–H and O–H groups in total. The van der Waals surface area contributed by atoms with Crippen LogP contribution in [0.4, 0.5) is 18.0 Å². The molecule has 6 nitrogen and oxygen atoms in total. The first-order chi connectivity index (χ1) is 13.8. The zero-order chi connectivity index (χ0) is 21.3. The van der Waals surface area contributed by atoms with Gasteiger partial charge < -0.3 is 14.8 Å². The maximum atomic E-state index is 14.0. The first-order valence-corrected chi connectivity index (χ1v) is 8.89. The second-order valence-electron chi connectivity index (χ2n) is 6.11. The van der Waals surface area contributed by atoms with Gasteiger partial charge in [0.2, 0.25) is 0 Å². The van der Waals surface area contributed by atoms with E-state index in [2.05, 4.69) is 4.74 Å². The van der Waals surface area contributed by atoms with Crippen LogP contribution < -0.4 is 10.6 Å². The molecule has 0 aliphatic carbocycles. The molecule has 0 aromatic heterocycles. The van der Waals surface area contributed by atoms with Gasteiger partial charge >= 0.3 is 23.9 Å². The van der Waals surface area contributed by atoms with Crippen LogP contribution in [0.1, 0.15) is 18.1 Å². The van der Waals surface area contributed by atoms with E-state index in [0.29, 0.717) is 16.4 Å². The quantitative estimate of drug-likeness (QED) is 0.517. The first-order valence-electron chi connectivity index (χ1n) is 8.89. The molecule has 0 saturated carbocycles. The minimum atomic E-state index is -5.14. The molecule has 29 heavy (non-hydrogen) atoms. The van der Waals surface area contributed by atoms with Crippen molar-refractivity contribution in [2.24, 2.45) is 0 Å². The average molecular weight is 411 g/mol. The summed E-state index contributed by atoms with van der Waals surface area (Å²) in [5.41, 5.74) is -2.22. The molecule has 2 aromatic carbocycles. The fraction of sp³-hybridized carbons (Fsp3) is 0.300. The molecule has 1 amide bonds. The number of alkyl halides is 3. The van der Waals surface area contributed by atoms with Crippen molar-refractivity contribution in [2.75, 3.05) is 6.61 Å². The third-order valence-electron chi connectivity index (χ3n) is 4.04. The molecule has 156 valence electrons. The summed E-state index contributed by atoms with van der Waals surface area (Å²) < 4.78 is 51.4. The molecular formula is C20H22F3N2O4+. The Morgan fingerprint density at radius 1 is 0.931 bits per heavy atom. The molecule has 2 aromatic rings. The van der Waals surface area contributed by atoms with Gasteiger partial charge in [0.25, 0.3) is 0 Å². The number of carbonyl (C=O) groups is 2. The van der Waals surface area contributed by atoms with Crippen molar-refractivity contribution in [3.63, 3.8) is 0 Å². The second-order valence-corrected chi connectivity index (χ2v) is 6.11. The Morgan fingerprint density at radius 2 is 1.48 bits per heavy atom. The van der Waals surface area contributed by atoms with Crippen LogP contribution in [0.3, 0.4) is 0 Å². The number of rotatable bonds is 8. The van der Waals surface area contributed by atoms with Crippen LogP contribution in [0.2, 0.25) is 0 Å². The van der Waals surface area contributed by atoms with Gasteiger partial charge in [0.1, 0.15) is 13.2 Å². The summed E-state index contributed by atoms with van der Waals surface area (Å²) in [5, 5.41) is 2.36. The van der Waals surface area contributed by atoms with Gasteiger partial charge in [0.05, 0.1) is 6.61 Å². The van der Waals surface area contributed by atoms with E-state index in [4.69, 9.17) is 4.74 Å². The van der Waals surface area contributed by atoms with E-state index in [0.717, 1.165) is 0 Å². The number of carbonyl (C=O) groups excluding carboxylic acids is 2. The van der Waals surface area contributed by atoms with Crippen molar-refractivity contribution in [3.8, 4) is 0 Å². The Hall–Kier alpha value is -3.07. The summed E-state index contributed by atoms with van der Waals surface area (Å²) in [4.78, 5) is 24.4. The van der Waals surface area contributed by atoms with Gasteiger partial charge in [-0.1, -0.05) is 60.7 Å². The lowest BCUT2D eigenvalue weighted by Gasteiger charge is -2.31. The largest absolute Gasteiger partial charge is 0.478 e. The van der Waals surface area contributed by atoms with Crippen molar-refractivity contribution in [3.05, 3.63) is 71.8 Å². The Labute approximate surface area is 166 Å². The highest BCUT2D eigenvalue weighted by atomic mass is 19.4. The number of nitrogens with two attached hydrogens (primary N) is 1. The predicted molar refractivity (Wildman–Crippen MR) is 97.3 cm³/mol. The Balaban J connectivity index is 2.21. The lowest BCUT2D eigenvalue weighted by molar-refractivity contribution is -0.757. The molecule has 0 fully saturated rings. The van der Waals surface area contributed by atoms with Crippen molar-refractivity contribution >= 4 is 12.1 Å². The van der Waals surface area contributed by atoms with Crippen molar-refractivity contribution in [1.29, 1.82) is 0 Å². The van der Waals surface area contributed by atoms with Gasteiger partial charge in [0.15, 0.2) is 0 Å². The van der Waals surface area contributed by atoms with Gasteiger partial charge in [0, 0.05) is 5.56 Å². The molecule has 0 saturated heterocycles. The van der Waals surface area contributed by atoms with Crippen LogP contribution in [0.5, 0.6) is 0 Å². The Bertz CT molecular complexity index is 800. The van der Waals surface area contributed by atoms with Crippen molar-refractivity contribution in [1.82, 2.24) is 5.32 Å². The van der Waals surface area contributed by atoms with Crippen LogP contribution in [-0.4, -0.2) is 30.5 Å². The van der Waals surface area contributed by atoms with Gasteiger partial charge in [-0.3, -0.25) is 5.32 Å². The number of nitrogens with one attached hydrogen (secondary N) is 1. The molecule has 0 unspecified atom stereocenters. The highest BCUT2D eigenvalue weighted by Crippen LogP contribution is 2.27. The number of esters is 1. The van der Waals surface area contributed by atoms with Crippen LogP contribution in [0, 0.1) is 0 Å². The predicted octanol–water partition coefficient (Wildman–Crippen LogP) is 2.50. The number of alkyl carbamates (subject to hydrolysis) is 1. The van der Waals surface area contributed by atoms with Crippen molar-refractivity contribution < 1.29 is 37.6 Å². The summed E-state index contributed by atoms with van der Waals surface area (Å²) in [7, 11) is 0. The zero-order valence-corrected chi connectivity index (χ0v) is 15.7. The lowest BCUT2D eigenvalue weighted by Crippen LogP contribution is -3.06. The molecule has 9 heteroatoms. The molecule has 1 atom stereocenters. The standard InChI is InChI=1S/C20H21F3N2O4/c1-2-28-17(26)19(20(21,22)23,24-13-15-9-5-3-6-10-15)25-18(27)29-14-16-11-7-4-8-12-16/h3-12,24H,2,13-14H2,1H3,(H,25,27)/p+1/t19-/m0/s1.